The Morgan fingerprint density at radius 1 is 0.780 bits per heavy atom. The Bertz CT molecular complexity index is 2660. The molecule has 0 fully saturated rings. The Hall–Kier alpha value is -6.55. The second-order valence-corrected chi connectivity index (χ2v) is 14.0. The van der Waals surface area contributed by atoms with E-state index < -0.39 is 5.91 Å². The Labute approximate surface area is 355 Å². The molecule has 0 radical (unpaired) electrons. The lowest BCUT2D eigenvalue weighted by Crippen LogP contribution is -2.30. The molecule has 14 nitrogen and oxygen atoms in total. The molecule has 4 aromatic carbocycles. The van der Waals surface area contributed by atoms with Crippen molar-refractivity contribution in [3.05, 3.63) is 133 Å². The van der Waals surface area contributed by atoms with E-state index in [1.54, 1.807) is 68.8 Å². The number of amides is 2. The van der Waals surface area contributed by atoms with Crippen LogP contribution in [0.25, 0.3) is 31.5 Å². The van der Waals surface area contributed by atoms with Crippen LogP contribution in [0.15, 0.2) is 72.8 Å². The van der Waals surface area contributed by atoms with Crippen LogP contribution in [0.1, 0.15) is 31.8 Å². The number of benzene rings is 4. The van der Waals surface area contributed by atoms with Gasteiger partial charge in [-0.25, -0.2) is 19.7 Å². The summed E-state index contributed by atoms with van der Waals surface area (Å²) in [6.45, 7) is 17.1. The van der Waals surface area contributed by atoms with Crippen molar-refractivity contribution < 1.29 is 19.1 Å². The van der Waals surface area contributed by atoms with Crippen molar-refractivity contribution in [2.75, 3.05) is 56.3 Å². The van der Waals surface area contributed by atoms with Crippen molar-refractivity contribution in [2.24, 2.45) is 5.73 Å². The van der Waals surface area contributed by atoms with Crippen molar-refractivity contribution in [3.63, 3.8) is 0 Å². The zero-order valence-corrected chi connectivity index (χ0v) is 34.1. The molecule has 7 rings (SSSR count). The van der Waals surface area contributed by atoms with Gasteiger partial charge in [0.2, 0.25) is 0 Å². The lowest BCUT2D eigenvalue weighted by molar-refractivity contribution is 0.0948. The zero-order chi connectivity index (χ0) is 42.1. The predicted octanol–water partition coefficient (Wildman–Crippen LogP) is 8.62. The molecule has 0 spiro atoms. The molecule has 1 aliphatic rings. The van der Waals surface area contributed by atoms with Crippen molar-refractivity contribution in [3.8, 4) is 11.5 Å². The first-order valence-corrected chi connectivity index (χ1v) is 19.2. The Morgan fingerprint density at radius 3 is 1.86 bits per heavy atom. The van der Waals surface area contributed by atoms with Gasteiger partial charge in [0.1, 0.15) is 33.6 Å². The van der Waals surface area contributed by atoms with Gasteiger partial charge in [0.05, 0.1) is 59.8 Å². The van der Waals surface area contributed by atoms with E-state index in [9.17, 15) is 9.59 Å². The summed E-state index contributed by atoms with van der Waals surface area (Å²) in [6.07, 6.45) is 0. The standard InChI is InChI=1S/C21H19Cl2N5O2.C21H18ClN5O2/c1-25-13-4-5-16-14(10-13)19(18(20(23)28-16)21(29)26-8-7-24)27-11-12-3-6-17(30-2)15(22)9-12;1-23-13-4-5-16-14(10-13)19(18-20(27-16)24-7-8-25-21(18)28)26-11-12-3-6-17(29-2)15(22)9-12/h3-6,9-10H,7-8,11,24H2,2H3,(H,26,29)(H,27,28);3-6,9-10H,7-8,11H2,2H3,(H,25,28)(H2,24,26,27). The van der Waals surface area contributed by atoms with E-state index in [1.165, 1.54) is 0 Å². The topological polar surface area (TPSA) is 173 Å². The first kappa shape index (κ1) is 42.1. The predicted molar refractivity (Wildman–Crippen MR) is 234 cm³/mol. The first-order valence-electron chi connectivity index (χ1n) is 18.1. The molecule has 0 saturated heterocycles. The molecule has 2 amide bonds. The maximum atomic E-state index is 12.8. The monoisotopic (exact) mass is 850 g/mol. The minimum atomic E-state index is -0.400. The molecule has 6 aromatic rings. The average Bonchev–Trinajstić information content (AvgIpc) is 3.43. The maximum Gasteiger partial charge on any atom is 0.257 e. The fourth-order valence-corrected chi connectivity index (χ4v) is 7.11. The largest absolute Gasteiger partial charge is 0.495 e. The van der Waals surface area contributed by atoms with E-state index in [4.69, 9.17) is 63.2 Å². The number of fused-ring (bicyclic) bond motifs is 3. The lowest BCUT2D eigenvalue weighted by atomic mass is 10.1. The third-order valence-electron chi connectivity index (χ3n) is 9.11. The molecule has 0 bridgehead atoms. The van der Waals surface area contributed by atoms with Crippen LogP contribution in [0, 0.1) is 13.1 Å². The van der Waals surface area contributed by atoms with Gasteiger partial charge in [-0.05, 0) is 59.7 Å². The Kier molecular flexibility index (Phi) is 13.7. The van der Waals surface area contributed by atoms with Crippen molar-refractivity contribution in [1.29, 1.82) is 0 Å². The molecule has 0 saturated carbocycles. The number of carbonyl (C=O) groups is 2. The molecule has 0 aliphatic carbocycles. The molecule has 2 aromatic heterocycles. The highest BCUT2D eigenvalue weighted by Crippen LogP contribution is 2.37. The molecule has 0 unspecified atom stereocenters. The number of anilines is 3. The van der Waals surface area contributed by atoms with Gasteiger partial charge in [-0.15, -0.1) is 0 Å². The fraction of sp³-hybridized carbons (Fsp3) is 0.190. The number of halogens is 3. The van der Waals surface area contributed by atoms with Crippen LogP contribution in [0.2, 0.25) is 15.2 Å². The first-order chi connectivity index (χ1) is 28.6. The van der Waals surface area contributed by atoms with Crippen molar-refractivity contribution in [2.45, 2.75) is 13.1 Å². The molecule has 3 heterocycles. The second kappa shape index (κ2) is 19.3. The summed E-state index contributed by atoms with van der Waals surface area (Å²) in [7, 11) is 3.11. The van der Waals surface area contributed by atoms with Crippen LogP contribution in [0.5, 0.6) is 11.5 Å². The van der Waals surface area contributed by atoms with Crippen LogP contribution in [-0.4, -0.2) is 62.2 Å². The quantitative estimate of drug-likeness (QED) is 0.0548. The summed E-state index contributed by atoms with van der Waals surface area (Å²) in [5.74, 6) is 1.09. The van der Waals surface area contributed by atoms with E-state index in [0.717, 1.165) is 16.5 Å². The Morgan fingerprint density at radius 2 is 1.32 bits per heavy atom. The van der Waals surface area contributed by atoms with Gasteiger partial charge in [0, 0.05) is 50.0 Å². The van der Waals surface area contributed by atoms with E-state index in [0.29, 0.717) is 111 Å². The molecule has 59 heavy (non-hydrogen) atoms. The van der Waals surface area contributed by atoms with Crippen molar-refractivity contribution >= 4 is 97.0 Å². The molecule has 0 atom stereocenters. The van der Waals surface area contributed by atoms with Gasteiger partial charge in [0.15, 0.2) is 11.4 Å². The molecule has 7 N–H and O–H groups in total. The summed E-state index contributed by atoms with van der Waals surface area (Å²) in [6, 6.07) is 21.2. The number of aromatic nitrogens is 2. The molecular weight excluding hydrogens is 815 g/mol. The average molecular weight is 852 g/mol. The normalized spacial score (nSPS) is 11.7. The number of ether oxygens (including phenoxy) is 2. The number of hydrogen-bond acceptors (Lipinski definition) is 10. The number of nitrogens with zero attached hydrogens (tertiary/aromatic N) is 4. The van der Waals surface area contributed by atoms with Crippen molar-refractivity contribution in [1.82, 2.24) is 20.6 Å². The van der Waals surface area contributed by atoms with E-state index in [1.807, 2.05) is 18.2 Å². The van der Waals surface area contributed by atoms with Crippen LogP contribution < -0.4 is 41.8 Å². The van der Waals surface area contributed by atoms with Gasteiger partial charge in [-0.3, -0.25) is 9.59 Å². The second-order valence-electron chi connectivity index (χ2n) is 12.9. The molecule has 1 aliphatic heterocycles. The van der Waals surface area contributed by atoms with Gasteiger partial charge in [-0.2, -0.15) is 0 Å². The molecular formula is C42H37Cl3N10O4. The maximum absolute atomic E-state index is 12.8. The minimum Gasteiger partial charge on any atom is -0.495 e. The zero-order valence-electron chi connectivity index (χ0n) is 31.8. The van der Waals surface area contributed by atoms with Gasteiger partial charge in [-0.1, -0.05) is 59.1 Å². The summed E-state index contributed by atoms with van der Waals surface area (Å²) in [5.41, 5.74) is 11.2. The van der Waals surface area contributed by atoms with Gasteiger partial charge < -0.3 is 41.8 Å². The van der Waals surface area contributed by atoms with Gasteiger partial charge >= 0.3 is 0 Å². The minimum absolute atomic E-state index is 0.0582. The highest BCUT2D eigenvalue weighted by atomic mass is 35.5. The van der Waals surface area contributed by atoms with Crippen LogP contribution in [0.4, 0.5) is 28.6 Å². The van der Waals surface area contributed by atoms with Crippen LogP contribution in [-0.2, 0) is 13.1 Å². The Balaban J connectivity index is 0.000000198. The fourth-order valence-electron chi connectivity index (χ4n) is 6.27. The van der Waals surface area contributed by atoms with E-state index in [-0.39, 0.29) is 16.6 Å². The SMILES string of the molecule is [C-]#[N+]c1ccc2nc(Cl)c(C(=O)NCCN)c(NCc3ccc(OC)c(Cl)c3)c2c1.[C-]#[N+]c1ccc2nc3c(c(NCc4ccc(OC)c(Cl)c4)c2c1)C(=O)NCCN3. The number of pyridine rings is 2. The highest BCUT2D eigenvalue weighted by molar-refractivity contribution is 6.34. The number of carbonyl (C=O) groups excluding carboxylic acids is 2. The van der Waals surface area contributed by atoms with Gasteiger partial charge in [0.25, 0.3) is 11.8 Å². The van der Waals surface area contributed by atoms with E-state index >= 15 is 0 Å². The number of nitrogens with one attached hydrogen (secondary N) is 5. The third kappa shape index (κ3) is 9.60. The highest BCUT2D eigenvalue weighted by Gasteiger charge is 2.24. The van der Waals surface area contributed by atoms with Crippen LogP contribution in [0.3, 0.4) is 0 Å². The smallest absolute Gasteiger partial charge is 0.257 e. The number of hydrogen-bond donors (Lipinski definition) is 6. The summed E-state index contributed by atoms with van der Waals surface area (Å²) in [4.78, 5) is 41.4. The number of methoxy groups -OCH3 is 2. The molecule has 300 valence electrons. The lowest BCUT2D eigenvalue weighted by Gasteiger charge is -2.17. The summed E-state index contributed by atoms with van der Waals surface area (Å²) >= 11 is 18.8. The number of rotatable bonds is 11. The molecule has 17 heteroatoms. The number of nitrogens with two attached hydrogens (primary N) is 1. The third-order valence-corrected chi connectivity index (χ3v) is 9.97. The van der Waals surface area contributed by atoms with E-state index in [2.05, 4.69) is 46.2 Å². The summed E-state index contributed by atoms with van der Waals surface area (Å²) in [5, 5.41) is 17.8. The van der Waals surface area contributed by atoms with Crippen LogP contribution >= 0.6 is 34.8 Å². The summed E-state index contributed by atoms with van der Waals surface area (Å²) < 4.78 is 10.4.